The van der Waals surface area contributed by atoms with E-state index in [1.54, 1.807) is 6.07 Å². The van der Waals surface area contributed by atoms with Crippen molar-refractivity contribution in [3.63, 3.8) is 0 Å². The summed E-state index contributed by atoms with van der Waals surface area (Å²) in [7, 11) is 0. The minimum Gasteiger partial charge on any atom is -0.294 e. The van der Waals surface area contributed by atoms with Gasteiger partial charge in [-0.2, -0.15) is 0 Å². The Labute approximate surface area is 127 Å². The lowest BCUT2D eigenvalue weighted by Gasteiger charge is -2.05. The van der Waals surface area contributed by atoms with Crippen molar-refractivity contribution in [3.05, 3.63) is 67.6 Å². The number of hydrogen-bond acceptors (Lipinski definition) is 1. The first-order valence-corrected chi connectivity index (χ1v) is 7.26. The van der Waals surface area contributed by atoms with Crippen LogP contribution in [0.1, 0.15) is 15.9 Å². The van der Waals surface area contributed by atoms with E-state index in [1.165, 1.54) is 0 Å². The van der Waals surface area contributed by atoms with Crippen molar-refractivity contribution in [1.82, 2.24) is 0 Å². The van der Waals surface area contributed by atoms with Crippen molar-refractivity contribution in [1.29, 1.82) is 0 Å². The lowest BCUT2D eigenvalue weighted by Crippen LogP contribution is -2.04. The van der Waals surface area contributed by atoms with Gasteiger partial charge >= 0.3 is 0 Å². The van der Waals surface area contributed by atoms with E-state index in [0.29, 0.717) is 17.0 Å². The van der Waals surface area contributed by atoms with Crippen LogP contribution in [0.25, 0.3) is 0 Å². The highest BCUT2D eigenvalue weighted by Crippen LogP contribution is 2.27. The Balaban J connectivity index is 2.25. The molecule has 0 bridgehead atoms. The first-order valence-electron chi connectivity index (χ1n) is 5.29. The van der Waals surface area contributed by atoms with E-state index in [0.717, 1.165) is 14.5 Å². The fraction of sp³-hybridized carbons (Fsp3) is 0.0714. The van der Waals surface area contributed by atoms with Gasteiger partial charge in [-0.3, -0.25) is 4.79 Å². The number of carbonyl (C=O) groups excluding carboxylic acids is 1. The third-order valence-electron chi connectivity index (χ3n) is 2.51. The van der Waals surface area contributed by atoms with Gasteiger partial charge in [-0.05, 0) is 45.8 Å². The molecule has 0 heterocycles. The smallest absolute Gasteiger partial charge is 0.168 e. The zero-order chi connectivity index (χ0) is 13.1. The monoisotopic (exact) mass is 386 g/mol. The summed E-state index contributed by atoms with van der Waals surface area (Å²) in [6.07, 6.45) is 0.343. The van der Waals surface area contributed by atoms with Crippen LogP contribution in [-0.2, 0) is 6.42 Å². The van der Waals surface area contributed by atoms with Crippen LogP contribution in [0.2, 0.25) is 5.02 Å². The van der Waals surface area contributed by atoms with E-state index >= 15 is 0 Å². The summed E-state index contributed by atoms with van der Waals surface area (Å²) in [5.41, 5.74) is 1.51. The second-order valence-corrected chi connectivity index (χ2v) is 5.98. The second kappa shape index (κ2) is 6.00. The highest BCUT2D eigenvalue weighted by atomic mass is 79.9. The zero-order valence-electron chi connectivity index (χ0n) is 9.29. The molecule has 2 rings (SSSR count). The Hall–Kier alpha value is -0.640. The van der Waals surface area contributed by atoms with E-state index in [1.807, 2.05) is 36.4 Å². The Morgan fingerprint density at radius 3 is 2.56 bits per heavy atom. The molecule has 0 saturated carbocycles. The van der Waals surface area contributed by atoms with Crippen LogP contribution in [0.4, 0.5) is 0 Å². The topological polar surface area (TPSA) is 17.1 Å². The van der Waals surface area contributed by atoms with Crippen molar-refractivity contribution in [2.24, 2.45) is 0 Å². The molecule has 0 aliphatic rings. The van der Waals surface area contributed by atoms with E-state index in [2.05, 4.69) is 31.9 Å². The lowest BCUT2D eigenvalue weighted by molar-refractivity contribution is 0.0993. The lowest BCUT2D eigenvalue weighted by atomic mass is 10.0. The summed E-state index contributed by atoms with van der Waals surface area (Å²) >= 11 is 12.8. The standard InChI is InChI=1S/C14H9Br2ClO/c15-10-4-1-3-9(7-10)8-13(18)11-5-2-6-12(16)14(11)17/h1-7H,8H2. The fourth-order valence-corrected chi connectivity index (χ4v) is 2.69. The van der Waals surface area contributed by atoms with Gasteiger partial charge in [-0.25, -0.2) is 0 Å². The summed E-state index contributed by atoms with van der Waals surface area (Å²) in [6, 6.07) is 13.1. The molecule has 2 aromatic carbocycles. The molecule has 0 amide bonds. The molecule has 0 unspecified atom stereocenters. The predicted molar refractivity (Wildman–Crippen MR) is 81.3 cm³/mol. The molecule has 0 aliphatic carbocycles. The molecule has 92 valence electrons. The molecule has 0 aromatic heterocycles. The number of hydrogen-bond donors (Lipinski definition) is 0. The third kappa shape index (κ3) is 3.22. The van der Waals surface area contributed by atoms with E-state index in [9.17, 15) is 4.79 Å². The molecule has 0 saturated heterocycles. The summed E-state index contributed by atoms with van der Waals surface area (Å²) in [5, 5.41) is 0.470. The van der Waals surface area contributed by atoms with Crippen molar-refractivity contribution in [2.75, 3.05) is 0 Å². The minimum absolute atomic E-state index is 0.0133. The average molecular weight is 388 g/mol. The summed E-state index contributed by atoms with van der Waals surface area (Å²) in [5.74, 6) is 0.0133. The van der Waals surface area contributed by atoms with E-state index in [4.69, 9.17) is 11.6 Å². The number of ketones is 1. The molecule has 0 radical (unpaired) electrons. The molecule has 0 fully saturated rings. The SMILES string of the molecule is O=C(Cc1cccc(Br)c1)c1cccc(Br)c1Cl. The highest BCUT2D eigenvalue weighted by molar-refractivity contribution is 9.10. The Morgan fingerprint density at radius 2 is 1.83 bits per heavy atom. The van der Waals surface area contributed by atoms with Crippen LogP contribution in [0.5, 0.6) is 0 Å². The van der Waals surface area contributed by atoms with E-state index in [-0.39, 0.29) is 5.78 Å². The van der Waals surface area contributed by atoms with Crippen LogP contribution in [0.15, 0.2) is 51.4 Å². The molecule has 18 heavy (non-hydrogen) atoms. The molecule has 0 N–H and O–H groups in total. The minimum atomic E-state index is 0.0133. The van der Waals surface area contributed by atoms with Gasteiger partial charge in [0.15, 0.2) is 5.78 Å². The molecule has 0 aliphatic heterocycles. The van der Waals surface area contributed by atoms with Gasteiger partial charge in [0.05, 0.1) is 5.02 Å². The summed E-state index contributed by atoms with van der Waals surface area (Å²) in [4.78, 5) is 12.2. The molecule has 0 spiro atoms. The maximum absolute atomic E-state index is 12.2. The van der Waals surface area contributed by atoms with Gasteiger partial charge < -0.3 is 0 Å². The fourth-order valence-electron chi connectivity index (χ4n) is 1.65. The highest BCUT2D eigenvalue weighted by Gasteiger charge is 2.12. The Bertz CT molecular complexity index is 596. The van der Waals surface area contributed by atoms with Crippen molar-refractivity contribution in [3.8, 4) is 0 Å². The summed E-state index contributed by atoms with van der Waals surface area (Å²) in [6.45, 7) is 0. The van der Waals surface area contributed by atoms with Crippen molar-refractivity contribution in [2.45, 2.75) is 6.42 Å². The molecule has 4 heteroatoms. The number of halogens is 3. The van der Waals surface area contributed by atoms with Crippen molar-refractivity contribution >= 4 is 49.2 Å². The van der Waals surface area contributed by atoms with Gasteiger partial charge in [0, 0.05) is 20.9 Å². The first-order chi connectivity index (χ1) is 8.58. The third-order valence-corrected chi connectivity index (χ3v) is 4.30. The maximum atomic E-state index is 12.2. The van der Waals surface area contributed by atoms with Gasteiger partial charge in [0.2, 0.25) is 0 Å². The number of carbonyl (C=O) groups is 1. The van der Waals surface area contributed by atoms with Gasteiger partial charge in [-0.15, -0.1) is 0 Å². The molecular weight excluding hydrogens is 379 g/mol. The van der Waals surface area contributed by atoms with Crippen LogP contribution in [-0.4, -0.2) is 5.78 Å². The number of Topliss-reactive ketones (excluding diaryl/α,β-unsaturated/α-hetero) is 1. The quantitative estimate of drug-likeness (QED) is 0.653. The van der Waals surface area contributed by atoms with Gasteiger partial charge in [0.1, 0.15) is 0 Å². The van der Waals surface area contributed by atoms with E-state index < -0.39 is 0 Å². The Kier molecular flexibility index (Phi) is 4.60. The van der Waals surface area contributed by atoms with Crippen LogP contribution < -0.4 is 0 Å². The zero-order valence-corrected chi connectivity index (χ0v) is 13.2. The largest absolute Gasteiger partial charge is 0.294 e. The number of benzene rings is 2. The van der Waals surface area contributed by atoms with Gasteiger partial charge in [-0.1, -0.05) is 45.7 Å². The average Bonchev–Trinajstić information content (AvgIpc) is 2.32. The summed E-state index contributed by atoms with van der Waals surface area (Å²) < 4.78 is 1.71. The number of rotatable bonds is 3. The molecule has 0 atom stereocenters. The van der Waals surface area contributed by atoms with Gasteiger partial charge in [0.25, 0.3) is 0 Å². The van der Waals surface area contributed by atoms with Crippen molar-refractivity contribution < 1.29 is 4.79 Å². The second-order valence-electron chi connectivity index (χ2n) is 3.83. The van der Waals surface area contributed by atoms with Crippen LogP contribution in [0, 0.1) is 0 Å². The molecule has 1 nitrogen and oxygen atoms in total. The Morgan fingerprint density at radius 1 is 1.11 bits per heavy atom. The van der Waals surface area contributed by atoms with Crippen LogP contribution in [0.3, 0.4) is 0 Å². The normalized spacial score (nSPS) is 10.4. The predicted octanol–water partition coefficient (Wildman–Crippen LogP) is 5.29. The molecular formula is C14H9Br2ClO. The molecule has 2 aromatic rings. The maximum Gasteiger partial charge on any atom is 0.168 e. The van der Waals surface area contributed by atoms with Crippen LogP contribution >= 0.6 is 43.5 Å². The first kappa shape index (κ1) is 13.8.